The molecule has 0 amide bonds. The molecule has 0 heterocycles. The van der Waals surface area contributed by atoms with Gasteiger partial charge in [-0.2, -0.15) is 0 Å². The number of carbonyl (C=O) groups excluding carboxylic acids is 1. The molecule has 0 aliphatic heterocycles. The van der Waals surface area contributed by atoms with E-state index < -0.39 is 15.0 Å². The first-order valence-electron chi connectivity index (χ1n) is 6.74. The van der Waals surface area contributed by atoms with Crippen LogP contribution in [-0.4, -0.2) is 20.5 Å². The highest BCUT2D eigenvalue weighted by Crippen LogP contribution is 2.29. The molecule has 0 radical (unpaired) electrons. The lowest BCUT2D eigenvalue weighted by Crippen LogP contribution is -2.28. The van der Waals surface area contributed by atoms with Crippen LogP contribution in [0.5, 0.6) is 0 Å². The molecule has 4 nitrogen and oxygen atoms in total. The molecule has 116 valence electrons. The Balaban J connectivity index is 2.20. The number of carbonyl (C=O) groups is 1. The average molecular weight is 396 g/mol. The van der Waals surface area contributed by atoms with E-state index in [4.69, 9.17) is 15.4 Å². The van der Waals surface area contributed by atoms with E-state index in [0.29, 0.717) is 10.4 Å². The van der Waals surface area contributed by atoms with Gasteiger partial charge in [0.05, 0.1) is 10.5 Å². The van der Waals surface area contributed by atoms with Crippen LogP contribution in [0.25, 0.3) is 0 Å². The highest BCUT2D eigenvalue weighted by molar-refractivity contribution is 9.10. The van der Waals surface area contributed by atoms with Crippen LogP contribution < -0.4 is 0 Å². The molecular weight excluding hydrogens is 380 g/mol. The summed E-state index contributed by atoms with van der Waals surface area (Å²) in [4.78, 5) is 12.0. The number of benzene rings is 1. The van der Waals surface area contributed by atoms with Crippen molar-refractivity contribution in [3.05, 3.63) is 28.2 Å². The summed E-state index contributed by atoms with van der Waals surface area (Å²) in [5.41, 5.74) is 0.190. The molecule has 1 aliphatic carbocycles. The summed E-state index contributed by atoms with van der Waals surface area (Å²) in [5, 5.41) is 0. The molecule has 1 aliphatic rings. The third kappa shape index (κ3) is 4.20. The van der Waals surface area contributed by atoms with Crippen molar-refractivity contribution >= 4 is 41.6 Å². The van der Waals surface area contributed by atoms with Crippen molar-refractivity contribution in [2.24, 2.45) is 5.92 Å². The first-order valence-corrected chi connectivity index (χ1v) is 9.84. The lowest BCUT2D eigenvalue weighted by molar-refractivity contribution is 0.00479. The van der Waals surface area contributed by atoms with E-state index in [0.717, 1.165) is 25.7 Å². The van der Waals surface area contributed by atoms with Crippen LogP contribution in [0.15, 0.2) is 27.6 Å². The largest absolute Gasteiger partial charge is 0.459 e. The molecule has 1 saturated carbocycles. The molecule has 21 heavy (non-hydrogen) atoms. The Kier molecular flexibility index (Phi) is 5.33. The molecular formula is C14H16BrClO4S. The van der Waals surface area contributed by atoms with Crippen molar-refractivity contribution in [3.8, 4) is 0 Å². The van der Waals surface area contributed by atoms with Gasteiger partial charge in [0.15, 0.2) is 0 Å². The number of esters is 1. The number of hydrogen-bond acceptors (Lipinski definition) is 4. The van der Waals surface area contributed by atoms with Gasteiger partial charge in [0.2, 0.25) is 0 Å². The smallest absolute Gasteiger partial charge is 0.338 e. The first-order chi connectivity index (χ1) is 9.79. The van der Waals surface area contributed by atoms with E-state index in [1.165, 1.54) is 18.2 Å². The fraction of sp³-hybridized carbons (Fsp3) is 0.500. The Hall–Kier alpha value is -0.590. The van der Waals surface area contributed by atoms with Crippen molar-refractivity contribution < 1.29 is 17.9 Å². The standard InChI is InChI=1S/C14H16BrClO4S/c1-9-4-2-3-5-12(9)20-14(17)10-6-7-11(15)13(8-10)21(16,18)19/h6-9,12H,2-5H2,1H3. The lowest BCUT2D eigenvalue weighted by Gasteiger charge is -2.28. The predicted molar refractivity (Wildman–Crippen MR) is 84.0 cm³/mol. The zero-order valence-corrected chi connectivity index (χ0v) is 14.7. The topological polar surface area (TPSA) is 60.4 Å². The summed E-state index contributed by atoms with van der Waals surface area (Å²) in [6.45, 7) is 2.06. The minimum Gasteiger partial charge on any atom is -0.459 e. The van der Waals surface area contributed by atoms with Gasteiger partial charge in [-0.15, -0.1) is 0 Å². The van der Waals surface area contributed by atoms with Gasteiger partial charge in [-0.25, -0.2) is 13.2 Å². The van der Waals surface area contributed by atoms with E-state index >= 15 is 0 Å². The predicted octanol–water partition coefficient (Wildman–Crippen LogP) is 4.11. The average Bonchev–Trinajstić information content (AvgIpc) is 2.40. The van der Waals surface area contributed by atoms with E-state index in [2.05, 4.69) is 22.9 Å². The molecule has 0 N–H and O–H groups in total. The van der Waals surface area contributed by atoms with Crippen LogP contribution >= 0.6 is 26.6 Å². The maximum absolute atomic E-state index is 12.2. The lowest BCUT2D eigenvalue weighted by atomic mass is 9.88. The molecule has 7 heteroatoms. The fourth-order valence-electron chi connectivity index (χ4n) is 2.48. The minimum absolute atomic E-state index is 0.106. The summed E-state index contributed by atoms with van der Waals surface area (Å²) in [7, 11) is 1.43. The minimum atomic E-state index is -3.92. The Morgan fingerprint density at radius 3 is 2.62 bits per heavy atom. The van der Waals surface area contributed by atoms with E-state index in [-0.39, 0.29) is 16.6 Å². The summed E-state index contributed by atoms with van der Waals surface area (Å²) in [6, 6.07) is 4.24. The van der Waals surface area contributed by atoms with Crippen LogP contribution in [0, 0.1) is 5.92 Å². The molecule has 1 aromatic rings. The molecule has 2 atom stereocenters. The quantitative estimate of drug-likeness (QED) is 0.571. The molecule has 0 aromatic heterocycles. The van der Waals surface area contributed by atoms with Crippen molar-refractivity contribution in [1.29, 1.82) is 0 Å². The van der Waals surface area contributed by atoms with Crippen LogP contribution in [-0.2, 0) is 13.8 Å². The van der Waals surface area contributed by atoms with Crippen LogP contribution in [0.1, 0.15) is 43.0 Å². The molecule has 2 rings (SSSR count). The number of halogens is 2. The van der Waals surface area contributed by atoms with Crippen LogP contribution in [0.4, 0.5) is 0 Å². The zero-order valence-electron chi connectivity index (χ0n) is 11.5. The second-order valence-corrected chi connectivity index (χ2v) is 8.68. The summed E-state index contributed by atoms with van der Waals surface area (Å²) in [5.74, 6) is -0.183. The van der Waals surface area contributed by atoms with E-state index in [9.17, 15) is 13.2 Å². The van der Waals surface area contributed by atoms with Gasteiger partial charge in [0, 0.05) is 15.2 Å². The van der Waals surface area contributed by atoms with Gasteiger partial charge in [-0.1, -0.05) is 13.3 Å². The molecule has 0 spiro atoms. The third-order valence-electron chi connectivity index (χ3n) is 3.72. The van der Waals surface area contributed by atoms with E-state index in [1.807, 2.05) is 0 Å². The summed E-state index contributed by atoms with van der Waals surface area (Å²) in [6.07, 6.45) is 3.99. The van der Waals surface area contributed by atoms with E-state index in [1.54, 1.807) is 0 Å². The Morgan fingerprint density at radius 1 is 1.33 bits per heavy atom. The summed E-state index contributed by atoms with van der Waals surface area (Å²) < 4.78 is 28.7. The van der Waals surface area contributed by atoms with Gasteiger partial charge in [-0.05, 0) is 59.3 Å². The second kappa shape index (κ2) is 6.67. The fourth-order valence-corrected chi connectivity index (χ4v) is 4.60. The van der Waals surface area contributed by atoms with Crippen molar-refractivity contribution in [1.82, 2.24) is 0 Å². The Morgan fingerprint density at radius 2 is 2.00 bits per heavy atom. The molecule has 0 saturated heterocycles. The second-order valence-electron chi connectivity index (χ2n) is 5.29. The van der Waals surface area contributed by atoms with Gasteiger partial charge < -0.3 is 4.74 Å². The van der Waals surface area contributed by atoms with Gasteiger partial charge in [-0.3, -0.25) is 0 Å². The maximum atomic E-state index is 12.2. The summed E-state index contributed by atoms with van der Waals surface area (Å²) >= 11 is 3.11. The van der Waals surface area contributed by atoms with Crippen LogP contribution in [0.3, 0.4) is 0 Å². The van der Waals surface area contributed by atoms with Crippen molar-refractivity contribution in [2.75, 3.05) is 0 Å². The molecule has 1 aromatic carbocycles. The number of hydrogen-bond donors (Lipinski definition) is 0. The third-order valence-corrected chi connectivity index (χ3v) is 6.04. The van der Waals surface area contributed by atoms with Crippen LogP contribution in [0.2, 0.25) is 0 Å². The molecule has 1 fully saturated rings. The number of rotatable bonds is 3. The molecule has 2 unspecified atom stereocenters. The van der Waals surface area contributed by atoms with Crippen molar-refractivity contribution in [2.45, 2.75) is 43.6 Å². The molecule has 0 bridgehead atoms. The number of ether oxygens (including phenoxy) is 1. The highest BCUT2D eigenvalue weighted by atomic mass is 79.9. The normalized spacial score (nSPS) is 22.8. The Bertz CT molecular complexity index is 644. The SMILES string of the molecule is CC1CCCCC1OC(=O)c1ccc(Br)c(S(=O)(=O)Cl)c1. The zero-order chi connectivity index (χ0) is 15.6. The Labute approximate surface area is 137 Å². The maximum Gasteiger partial charge on any atom is 0.338 e. The van der Waals surface area contributed by atoms with Crippen molar-refractivity contribution in [3.63, 3.8) is 0 Å². The van der Waals surface area contributed by atoms with Gasteiger partial charge in [0.1, 0.15) is 6.10 Å². The van der Waals surface area contributed by atoms with Gasteiger partial charge in [0.25, 0.3) is 9.05 Å². The highest BCUT2D eigenvalue weighted by Gasteiger charge is 2.26. The monoisotopic (exact) mass is 394 g/mol. The first kappa shape index (κ1) is 16.8. The van der Waals surface area contributed by atoms with Gasteiger partial charge >= 0.3 is 5.97 Å².